The quantitative estimate of drug-likeness (QED) is 0.705. The van der Waals surface area contributed by atoms with E-state index in [0.717, 1.165) is 17.8 Å². The lowest BCUT2D eigenvalue weighted by Gasteiger charge is -2.14. The van der Waals surface area contributed by atoms with Crippen LogP contribution in [0.5, 0.6) is 0 Å². The van der Waals surface area contributed by atoms with Crippen LogP contribution in [0, 0.1) is 6.92 Å². The summed E-state index contributed by atoms with van der Waals surface area (Å²) >= 11 is 0. The molecule has 0 bridgehead atoms. The van der Waals surface area contributed by atoms with Gasteiger partial charge in [0, 0.05) is 18.1 Å². The van der Waals surface area contributed by atoms with E-state index in [4.69, 9.17) is 4.98 Å². The standard InChI is InChI=1S/C12H15N3.ClH/c1-8-10-7-9-5-3-4-6-11(9)13-12(10)15(2)14-8;/h7H,3-6H2,1-2H3;1H. The minimum atomic E-state index is 0. The van der Waals surface area contributed by atoms with Crippen molar-refractivity contribution < 1.29 is 0 Å². The molecule has 16 heavy (non-hydrogen) atoms. The van der Waals surface area contributed by atoms with Crippen molar-refractivity contribution in [2.24, 2.45) is 7.05 Å². The molecular weight excluding hydrogens is 222 g/mol. The Morgan fingerprint density at radius 1 is 1.25 bits per heavy atom. The third-order valence-electron chi connectivity index (χ3n) is 3.28. The second kappa shape index (κ2) is 4.06. The Morgan fingerprint density at radius 2 is 2.00 bits per heavy atom. The Morgan fingerprint density at radius 3 is 2.81 bits per heavy atom. The molecule has 0 unspecified atom stereocenters. The summed E-state index contributed by atoms with van der Waals surface area (Å²) in [6.45, 7) is 2.05. The first kappa shape index (κ1) is 11.4. The Bertz CT molecular complexity index is 485. The van der Waals surface area contributed by atoms with Gasteiger partial charge in [-0.05, 0) is 44.2 Å². The molecule has 0 spiro atoms. The minimum Gasteiger partial charge on any atom is -0.250 e. The summed E-state index contributed by atoms with van der Waals surface area (Å²) in [4.78, 5) is 4.74. The van der Waals surface area contributed by atoms with Crippen LogP contribution in [0.1, 0.15) is 29.8 Å². The highest BCUT2D eigenvalue weighted by Gasteiger charge is 2.14. The molecule has 86 valence electrons. The van der Waals surface area contributed by atoms with Crippen molar-refractivity contribution in [1.82, 2.24) is 14.8 Å². The summed E-state index contributed by atoms with van der Waals surface area (Å²) in [7, 11) is 1.97. The molecule has 0 saturated carbocycles. The second-order valence-electron chi connectivity index (χ2n) is 4.38. The number of rotatable bonds is 0. The van der Waals surface area contributed by atoms with E-state index in [1.807, 2.05) is 11.7 Å². The van der Waals surface area contributed by atoms with Crippen LogP contribution in [0.25, 0.3) is 11.0 Å². The molecule has 0 radical (unpaired) electrons. The van der Waals surface area contributed by atoms with Gasteiger partial charge in [0.1, 0.15) is 0 Å². The van der Waals surface area contributed by atoms with Gasteiger partial charge in [-0.1, -0.05) is 0 Å². The third-order valence-corrected chi connectivity index (χ3v) is 3.28. The maximum Gasteiger partial charge on any atom is 0.158 e. The predicted molar refractivity (Wildman–Crippen MR) is 67.1 cm³/mol. The summed E-state index contributed by atoms with van der Waals surface area (Å²) in [6.07, 6.45) is 4.91. The summed E-state index contributed by atoms with van der Waals surface area (Å²) in [5, 5.41) is 5.64. The number of nitrogens with zero attached hydrogens (tertiary/aromatic N) is 3. The van der Waals surface area contributed by atoms with Crippen molar-refractivity contribution in [3.05, 3.63) is 23.0 Å². The first-order valence-electron chi connectivity index (χ1n) is 5.58. The maximum absolute atomic E-state index is 4.74. The fourth-order valence-electron chi connectivity index (χ4n) is 2.46. The fraction of sp³-hybridized carbons (Fsp3) is 0.500. The average Bonchev–Trinajstić information content (AvgIpc) is 2.52. The van der Waals surface area contributed by atoms with Crippen LogP contribution in [0.3, 0.4) is 0 Å². The van der Waals surface area contributed by atoms with E-state index >= 15 is 0 Å². The first-order chi connectivity index (χ1) is 7.25. The second-order valence-corrected chi connectivity index (χ2v) is 4.38. The number of hydrogen-bond donors (Lipinski definition) is 0. The normalized spacial score (nSPS) is 14.6. The van der Waals surface area contributed by atoms with Crippen molar-refractivity contribution in [2.75, 3.05) is 0 Å². The number of hydrogen-bond acceptors (Lipinski definition) is 2. The number of aromatic nitrogens is 3. The highest BCUT2D eigenvalue weighted by Crippen LogP contribution is 2.25. The molecule has 4 heteroatoms. The highest BCUT2D eigenvalue weighted by molar-refractivity contribution is 5.85. The largest absolute Gasteiger partial charge is 0.250 e. The molecule has 0 amide bonds. The van der Waals surface area contributed by atoms with E-state index in [-0.39, 0.29) is 12.4 Å². The Kier molecular flexibility index (Phi) is 2.89. The number of aryl methyl sites for hydroxylation is 4. The lowest BCUT2D eigenvalue weighted by Crippen LogP contribution is -2.06. The van der Waals surface area contributed by atoms with Crippen LogP contribution < -0.4 is 0 Å². The summed E-state index contributed by atoms with van der Waals surface area (Å²) in [6, 6.07) is 2.29. The van der Waals surface area contributed by atoms with Gasteiger partial charge in [-0.3, -0.25) is 4.68 Å². The Hall–Kier alpha value is -1.09. The van der Waals surface area contributed by atoms with Gasteiger partial charge in [-0.25, -0.2) is 4.98 Å². The van der Waals surface area contributed by atoms with Crippen molar-refractivity contribution in [1.29, 1.82) is 0 Å². The zero-order valence-electron chi connectivity index (χ0n) is 9.66. The first-order valence-corrected chi connectivity index (χ1v) is 5.58. The lowest BCUT2D eigenvalue weighted by atomic mass is 9.95. The Labute approximate surface area is 101 Å². The maximum atomic E-state index is 4.74. The topological polar surface area (TPSA) is 30.7 Å². The van der Waals surface area contributed by atoms with Crippen molar-refractivity contribution in [2.45, 2.75) is 32.6 Å². The van der Waals surface area contributed by atoms with Crippen molar-refractivity contribution >= 4 is 23.4 Å². The van der Waals surface area contributed by atoms with Crippen molar-refractivity contribution in [3.8, 4) is 0 Å². The van der Waals surface area contributed by atoms with E-state index in [9.17, 15) is 0 Å². The fourth-order valence-corrected chi connectivity index (χ4v) is 2.46. The summed E-state index contributed by atoms with van der Waals surface area (Å²) in [5.41, 5.74) is 4.85. The summed E-state index contributed by atoms with van der Waals surface area (Å²) < 4.78 is 1.89. The van der Waals surface area contributed by atoms with Gasteiger partial charge < -0.3 is 0 Å². The van der Waals surface area contributed by atoms with E-state index in [2.05, 4.69) is 18.1 Å². The predicted octanol–water partition coefficient (Wildman–Crippen LogP) is 2.58. The molecule has 2 heterocycles. The third kappa shape index (κ3) is 1.59. The van der Waals surface area contributed by atoms with Gasteiger partial charge >= 0.3 is 0 Å². The molecule has 3 nitrogen and oxygen atoms in total. The summed E-state index contributed by atoms with van der Waals surface area (Å²) in [5.74, 6) is 0. The van der Waals surface area contributed by atoms with E-state index in [1.165, 1.54) is 35.9 Å². The SMILES string of the molecule is Cc1nn(C)c2nc3c(cc12)CCCC3.Cl. The molecule has 0 N–H and O–H groups in total. The number of halogens is 1. The van der Waals surface area contributed by atoms with E-state index in [1.54, 1.807) is 0 Å². The van der Waals surface area contributed by atoms with Gasteiger partial charge in [0.25, 0.3) is 0 Å². The number of fused-ring (bicyclic) bond motifs is 2. The van der Waals surface area contributed by atoms with E-state index in [0.29, 0.717) is 0 Å². The van der Waals surface area contributed by atoms with Gasteiger partial charge in [-0.2, -0.15) is 5.10 Å². The Balaban J connectivity index is 0.000000963. The molecule has 3 rings (SSSR count). The molecule has 0 fully saturated rings. The number of pyridine rings is 1. The smallest absolute Gasteiger partial charge is 0.158 e. The monoisotopic (exact) mass is 237 g/mol. The zero-order chi connectivity index (χ0) is 10.4. The molecule has 2 aromatic heterocycles. The van der Waals surface area contributed by atoms with Crippen LogP contribution in [0.2, 0.25) is 0 Å². The van der Waals surface area contributed by atoms with Crippen LogP contribution in [0.4, 0.5) is 0 Å². The molecule has 1 aliphatic carbocycles. The average molecular weight is 238 g/mol. The molecule has 0 atom stereocenters. The lowest BCUT2D eigenvalue weighted by molar-refractivity contribution is 0.668. The zero-order valence-corrected chi connectivity index (χ0v) is 10.5. The molecule has 2 aromatic rings. The van der Waals surface area contributed by atoms with E-state index < -0.39 is 0 Å². The molecular formula is C12H16ClN3. The highest BCUT2D eigenvalue weighted by atomic mass is 35.5. The molecule has 0 aromatic carbocycles. The van der Waals surface area contributed by atoms with Gasteiger partial charge in [0.2, 0.25) is 0 Å². The van der Waals surface area contributed by atoms with Gasteiger partial charge in [0.15, 0.2) is 5.65 Å². The van der Waals surface area contributed by atoms with Crippen LogP contribution in [0.15, 0.2) is 6.07 Å². The minimum absolute atomic E-state index is 0. The van der Waals surface area contributed by atoms with Gasteiger partial charge in [0.05, 0.1) is 5.69 Å². The van der Waals surface area contributed by atoms with Crippen LogP contribution in [-0.2, 0) is 19.9 Å². The molecule has 0 aliphatic heterocycles. The van der Waals surface area contributed by atoms with Crippen molar-refractivity contribution in [3.63, 3.8) is 0 Å². The van der Waals surface area contributed by atoms with Gasteiger partial charge in [-0.15, -0.1) is 12.4 Å². The van der Waals surface area contributed by atoms with Crippen LogP contribution >= 0.6 is 12.4 Å². The van der Waals surface area contributed by atoms with Crippen LogP contribution in [-0.4, -0.2) is 14.8 Å². The molecule has 1 aliphatic rings. The molecule has 0 saturated heterocycles.